The van der Waals surface area contributed by atoms with E-state index in [0.29, 0.717) is 6.54 Å². The summed E-state index contributed by atoms with van der Waals surface area (Å²) in [4.78, 5) is 4.44. The molecule has 0 aromatic carbocycles. The zero-order valence-corrected chi connectivity index (χ0v) is 9.20. The highest BCUT2D eigenvalue weighted by Crippen LogP contribution is 2.17. The predicted octanol–water partition coefficient (Wildman–Crippen LogP) is 1.26. The lowest BCUT2D eigenvalue weighted by molar-refractivity contribution is 0.669. The molecule has 0 spiro atoms. The van der Waals surface area contributed by atoms with Crippen LogP contribution in [0.15, 0.2) is 12.3 Å². The maximum atomic E-state index is 5.53. The molecule has 2 aromatic rings. The molecule has 0 aliphatic rings. The van der Waals surface area contributed by atoms with Crippen molar-refractivity contribution in [3.63, 3.8) is 0 Å². The lowest BCUT2D eigenvalue weighted by Gasteiger charge is -1.99. The van der Waals surface area contributed by atoms with Crippen molar-refractivity contribution in [2.75, 3.05) is 6.54 Å². The first-order chi connectivity index (χ1) is 7.26. The Hall–Kier alpha value is -1.42. The molecule has 2 rings (SSSR count). The van der Waals surface area contributed by atoms with Crippen molar-refractivity contribution in [1.82, 2.24) is 14.8 Å². The number of hydrogen-bond acceptors (Lipinski definition) is 3. The Kier molecular flexibility index (Phi) is 2.68. The van der Waals surface area contributed by atoms with Crippen molar-refractivity contribution >= 4 is 11.0 Å². The molecule has 2 heterocycles. The molecule has 0 saturated heterocycles. The van der Waals surface area contributed by atoms with Crippen LogP contribution < -0.4 is 5.73 Å². The molecule has 4 heteroatoms. The maximum absolute atomic E-state index is 5.53. The molecule has 0 amide bonds. The summed E-state index contributed by atoms with van der Waals surface area (Å²) in [5.41, 5.74) is 8.72. The highest BCUT2D eigenvalue weighted by Gasteiger charge is 2.07. The van der Waals surface area contributed by atoms with Crippen LogP contribution in [0.1, 0.15) is 18.2 Å². The third-order valence-electron chi connectivity index (χ3n) is 2.56. The number of hydrogen-bond donors (Lipinski definition) is 1. The lowest BCUT2D eigenvalue weighted by atomic mass is 10.1. The molecule has 0 unspecified atom stereocenters. The van der Waals surface area contributed by atoms with E-state index in [1.807, 2.05) is 17.8 Å². The first kappa shape index (κ1) is 10.1. The van der Waals surface area contributed by atoms with Crippen LogP contribution in [0, 0.1) is 6.92 Å². The molecule has 0 saturated carbocycles. The molecule has 0 fully saturated rings. The van der Waals surface area contributed by atoms with Gasteiger partial charge in [-0.2, -0.15) is 5.10 Å². The van der Waals surface area contributed by atoms with Crippen LogP contribution in [0.3, 0.4) is 0 Å². The quantitative estimate of drug-likeness (QED) is 0.819. The normalized spacial score (nSPS) is 11.1. The van der Waals surface area contributed by atoms with Crippen molar-refractivity contribution in [2.24, 2.45) is 5.73 Å². The van der Waals surface area contributed by atoms with E-state index in [1.165, 1.54) is 5.56 Å². The molecule has 2 aromatic heterocycles. The second-order valence-corrected chi connectivity index (χ2v) is 3.65. The molecular weight excluding hydrogens is 188 g/mol. The molecule has 0 bridgehead atoms. The van der Waals surface area contributed by atoms with Gasteiger partial charge in [-0.25, -0.2) is 9.67 Å². The second-order valence-electron chi connectivity index (χ2n) is 3.65. The van der Waals surface area contributed by atoms with Gasteiger partial charge in [0.05, 0.1) is 5.69 Å². The Bertz CT molecular complexity index is 473. The molecule has 0 aliphatic carbocycles. The zero-order chi connectivity index (χ0) is 10.8. The minimum absolute atomic E-state index is 0.661. The third kappa shape index (κ3) is 1.72. The molecule has 0 atom stereocenters. The van der Waals surface area contributed by atoms with Crippen molar-refractivity contribution in [1.29, 1.82) is 0 Å². The molecule has 4 nitrogen and oxygen atoms in total. The van der Waals surface area contributed by atoms with E-state index in [1.54, 1.807) is 0 Å². The highest BCUT2D eigenvalue weighted by molar-refractivity contribution is 5.78. The smallest absolute Gasteiger partial charge is 0.157 e. The highest BCUT2D eigenvalue weighted by atomic mass is 15.3. The number of aromatic nitrogens is 3. The van der Waals surface area contributed by atoms with Gasteiger partial charge in [-0.15, -0.1) is 0 Å². The van der Waals surface area contributed by atoms with E-state index in [-0.39, 0.29) is 0 Å². The summed E-state index contributed by atoms with van der Waals surface area (Å²) in [5.74, 6) is 0. The average Bonchev–Trinajstić information content (AvgIpc) is 2.56. The molecular formula is C11H16N4. The summed E-state index contributed by atoms with van der Waals surface area (Å²) < 4.78 is 1.93. The van der Waals surface area contributed by atoms with Gasteiger partial charge in [-0.3, -0.25) is 0 Å². The molecule has 2 N–H and O–H groups in total. The van der Waals surface area contributed by atoms with Gasteiger partial charge in [-0.1, -0.05) is 0 Å². The van der Waals surface area contributed by atoms with Gasteiger partial charge in [0, 0.05) is 18.1 Å². The fourth-order valence-corrected chi connectivity index (χ4v) is 1.78. The van der Waals surface area contributed by atoms with Crippen LogP contribution >= 0.6 is 0 Å². The Morgan fingerprint density at radius 1 is 1.47 bits per heavy atom. The number of rotatable bonds is 3. The van der Waals surface area contributed by atoms with Gasteiger partial charge in [0.2, 0.25) is 0 Å². The van der Waals surface area contributed by atoms with Crippen LogP contribution in [-0.2, 0) is 13.0 Å². The SMILES string of the molecule is CCn1nc(C)c2cc(CCN)cnc21. The largest absolute Gasteiger partial charge is 0.330 e. The number of fused-ring (bicyclic) bond motifs is 1. The van der Waals surface area contributed by atoms with Crippen LogP contribution in [-0.4, -0.2) is 21.3 Å². The van der Waals surface area contributed by atoms with Gasteiger partial charge < -0.3 is 5.73 Å². The molecule has 80 valence electrons. The number of nitrogens with zero attached hydrogens (tertiary/aromatic N) is 3. The molecule has 0 aliphatic heterocycles. The van der Waals surface area contributed by atoms with E-state index in [9.17, 15) is 0 Å². The van der Waals surface area contributed by atoms with E-state index >= 15 is 0 Å². The van der Waals surface area contributed by atoms with Gasteiger partial charge in [0.25, 0.3) is 0 Å². The third-order valence-corrected chi connectivity index (χ3v) is 2.56. The Morgan fingerprint density at radius 2 is 2.27 bits per heavy atom. The topological polar surface area (TPSA) is 56.7 Å². The zero-order valence-electron chi connectivity index (χ0n) is 9.20. The number of nitrogens with two attached hydrogens (primary N) is 1. The van der Waals surface area contributed by atoms with Crippen LogP contribution in [0.4, 0.5) is 0 Å². The molecule has 0 radical (unpaired) electrons. The summed E-state index contributed by atoms with van der Waals surface area (Å²) in [6.07, 6.45) is 2.77. The van der Waals surface area contributed by atoms with Gasteiger partial charge >= 0.3 is 0 Å². The van der Waals surface area contributed by atoms with E-state index in [0.717, 1.165) is 29.7 Å². The fraction of sp³-hybridized carbons (Fsp3) is 0.455. The first-order valence-electron chi connectivity index (χ1n) is 5.28. The Balaban J connectivity index is 2.56. The van der Waals surface area contributed by atoms with Crippen LogP contribution in [0.5, 0.6) is 0 Å². The van der Waals surface area contributed by atoms with Crippen molar-refractivity contribution in [2.45, 2.75) is 26.8 Å². The molecule has 15 heavy (non-hydrogen) atoms. The lowest BCUT2D eigenvalue weighted by Crippen LogP contribution is -2.03. The minimum atomic E-state index is 0.661. The summed E-state index contributed by atoms with van der Waals surface area (Å²) >= 11 is 0. The standard InChI is InChI=1S/C11H16N4/c1-3-15-11-10(8(2)14-15)6-9(4-5-12)7-13-11/h6-7H,3-5,12H2,1-2H3. The Labute approximate surface area is 89.1 Å². The van der Waals surface area contributed by atoms with E-state index in [4.69, 9.17) is 5.73 Å². The first-order valence-corrected chi connectivity index (χ1v) is 5.28. The summed E-state index contributed by atoms with van der Waals surface area (Å²) in [6, 6.07) is 2.14. The van der Waals surface area contributed by atoms with Crippen molar-refractivity contribution in [3.05, 3.63) is 23.5 Å². The van der Waals surface area contributed by atoms with Crippen molar-refractivity contribution < 1.29 is 0 Å². The van der Waals surface area contributed by atoms with Crippen LogP contribution in [0.2, 0.25) is 0 Å². The Morgan fingerprint density at radius 3 is 2.93 bits per heavy atom. The fourth-order valence-electron chi connectivity index (χ4n) is 1.78. The summed E-state index contributed by atoms with van der Waals surface area (Å²) in [6.45, 7) is 5.60. The summed E-state index contributed by atoms with van der Waals surface area (Å²) in [7, 11) is 0. The average molecular weight is 204 g/mol. The minimum Gasteiger partial charge on any atom is -0.330 e. The summed E-state index contributed by atoms with van der Waals surface area (Å²) in [5, 5.41) is 5.57. The van der Waals surface area contributed by atoms with Gasteiger partial charge in [0.15, 0.2) is 5.65 Å². The maximum Gasteiger partial charge on any atom is 0.157 e. The monoisotopic (exact) mass is 204 g/mol. The number of aryl methyl sites for hydroxylation is 2. The van der Waals surface area contributed by atoms with Gasteiger partial charge in [0.1, 0.15) is 0 Å². The van der Waals surface area contributed by atoms with Gasteiger partial charge in [-0.05, 0) is 38.4 Å². The van der Waals surface area contributed by atoms with Crippen LogP contribution in [0.25, 0.3) is 11.0 Å². The van der Waals surface area contributed by atoms with E-state index < -0.39 is 0 Å². The second kappa shape index (κ2) is 3.98. The van der Waals surface area contributed by atoms with E-state index in [2.05, 4.69) is 23.1 Å². The number of pyridine rings is 1. The van der Waals surface area contributed by atoms with Crippen molar-refractivity contribution in [3.8, 4) is 0 Å². The predicted molar refractivity (Wildman–Crippen MR) is 60.7 cm³/mol.